The fraction of sp³-hybridized carbons (Fsp3) is 0.462. The maximum absolute atomic E-state index is 13.6. The van der Waals surface area contributed by atoms with E-state index in [4.69, 9.17) is 0 Å². The summed E-state index contributed by atoms with van der Waals surface area (Å²) in [6, 6.07) is 5.49. The standard InChI is InChI=1S/C13H17FN2O3S/c1-20(18,19)15-10-5-4-8-16(9-10)13(17)11-6-2-3-7-12(11)14/h2-3,6-7,10,15H,4-5,8-9H2,1H3. The van der Waals surface area contributed by atoms with Gasteiger partial charge in [0, 0.05) is 19.1 Å². The number of halogens is 1. The monoisotopic (exact) mass is 300 g/mol. The molecule has 1 atom stereocenters. The number of carbonyl (C=O) groups excluding carboxylic acids is 1. The number of rotatable bonds is 3. The molecular formula is C13H17FN2O3S. The van der Waals surface area contributed by atoms with Crippen molar-refractivity contribution in [2.75, 3.05) is 19.3 Å². The number of likely N-dealkylation sites (tertiary alicyclic amines) is 1. The van der Waals surface area contributed by atoms with Crippen molar-refractivity contribution < 1.29 is 17.6 Å². The summed E-state index contributed by atoms with van der Waals surface area (Å²) in [7, 11) is -3.31. The van der Waals surface area contributed by atoms with Gasteiger partial charge in [-0.3, -0.25) is 4.79 Å². The molecule has 0 aromatic heterocycles. The van der Waals surface area contributed by atoms with Crippen molar-refractivity contribution in [1.29, 1.82) is 0 Å². The zero-order valence-electron chi connectivity index (χ0n) is 11.2. The van der Waals surface area contributed by atoms with Crippen LogP contribution in [0.4, 0.5) is 4.39 Å². The molecule has 1 fully saturated rings. The fourth-order valence-electron chi connectivity index (χ4n) is 2.37. The van der Waals surface area contributed by atoms with E-state index in [1.807, 2.05) is 0 Å². The number of piperidine rings is 1. The fourth-order valence-corrected chi connectivity index (χ4v) is 3.16. The molecule has 0 aliphatic carbocycles. The Balaban J connectivity index is 2.09. The molecule has 1 N–H and O–H groups in total. The number of carbonyl (C=O) groups is 1. The van der Waals surface area contributed by atoms with Gasteiger partial charge in [-0.15, -0.1) is 0 Å². The molecule has 5 nitrogen and oxygen atoms in total. The van der Waals surface area contributed by atoms with Crippen LogP contribution in [0.25, 0.3) is 0 Å². The van der Waals surface area contributed by atoms with Crippen molar-refractivity contribution in [3.8, 4) is 0 Å². The summed E-state index contributed by atoms with van der Waals surface area (Å²) in [5.74, 6) is -0.959. The number of nitrogens with zero attached hydrogens (tertiary/aromatic N) is 1. The molecular weight excluding hydrogens is 283 g/mol. The van der Waals surface area contributed by atoms with Gasteiger partial charge in [-0.25, -0.2) is 17.5 Å². The number of hydrogen-bond acceptors (Lipinski definition) is 3. The highest BCUT2D eigenvalue weighted by Gasteiger charge is 2.27. The third-order valence-corrected chi connectivity index (χ3v) is 3.96. The summed E-state index contributed by atoms with van der Waals surface area (Å²) in [6.45, 7) is 0.773. The van der Waals surface area contributed by atoms with Crippen molar-refractivity contribution in [3.05, 3.63) is 35.6 Å². The smallest absolute Gasteiger partial charge is 0.256 e. The number of nitrogens with one attached hydrogen (secondary N) is 1. The summed E-state index contributed by atoms with van der Waals surface area (Å²) in [5, 5.41) is 0. The van der Waals surface area contributed by atoms with Gasteiger partial charge in [-0.1, -0.05) is 12.1 Å². The lowest BCUT2D eigenvalue weighted by Crippen LogP contribution is -2.49. The van der Waals surface area contributed by atoms with Gasteiger partial charge in [0.05, 0.1) is 11.8 Å². The summed E-state index contributed by atoms with van der Waals surface area (Å²) in [5.41, 5.74) is 0.0208. The highest BCUT2D eigenvalue weighted by Crippen LogP contribution is 2.16. The summed E-state index contributed by atoms with van der Waals surface area (Å²) in [4.78, 5) is 13.7. The molecule has 1 aliphatic rings. The predicted molar refractivity (Wildman–Crippen MR) is 73.3 cm³/mol. The molecule has 7 heteroatoms. The highest BCUT2D eigenvalue weighted by atomic mass is 32.2. The third kappa shape index (κ3) is 3.77. The van der Waals surface area contributed by atoms with Gasteiger partial charge >= 0.3 is 0 Å². The molecule has 20 heavy (non-hydrogen) atoms. The Bertz CT molecular complexity index is 603. The van der Waals surface area contributed by atoms with Crippen LogP contribution in [0, 0.1) is 5.82 Å². The van der Waals surface area contributed by atoms with E-state index in [1.54, 1.807) is 6.07 Å². The zero-order valence-corrected chi connectivity index (χ0v) is 12.0. The number of benzene rings is 1. The molecule has 0 radical (unpaired) electrons. The maximum Gasteiger partial charge on any atom is 0.256 e. The molecule has 1 aromatic rings. The van der Waals surface area contributed by atoms with E-state index in [0.29, 0.717) is 19.4 Å². The quantitative estimate of drug-likeness (QED) is 0.905. The van der Waals surface area contributed by atoms with Crippen LogP contribution in [-0.4, -0.2) is 44.6 Å². The van der Waals surface area contributed by atoms with Gasteiger partial charge in [0.25, 0.3) is 5.91 Å². The van der Waals surface area contributed by atoms with E-state index in [9.17, 15) is 17.6 Å². The molecule has 2 rings (SSSR count). The van der Waals surface area contributed by atoms with Crippen LogP contribution in [0.3, 0.4) is 0 Å². The molecule has 1 unspecified atom stereocenters. The Morgan fingerprint density at radius 3 is 2.75 bits per heavy atom. The first-order valence-corrected chi connectivity index (χ1v) is 8.27. The van der Waals surface area contributed by atoms with Crippen molar-refractivity contribution in [2.24, 2.45) is 0 Å². The van der Waals surface area contributed by atoms with Gasteiger partial charge in [-0.2, -0.15) is 0 Å². The van der Waals surface area contributed by atoms with E-state index in [1.165, 1.54) is 23.1 Å². The van der Waals surface area contributed by atoms with Crippen LogP contribution in [0.5, 0.6) is 0 Å². The lowest BCUT2D eigenvalue weighted by Gasteiger charge is -2.32. The van der Waals surface area contributed by atoms with Gasteiger partial charge < -0.3 is 4.90 Å². The van der Waals surface area contributed by atoms with Crippen molar-refractivity contribution in [1.82, 2.24) is 9.62 Å². The second-order valence-corrected chi connectivity index (χ2v) is 6.74. The lowest BCUT2D eigenvalue weighted by atomic mass is 10.1. The molecule has 0 bridgehead atoms. The largest absolute Gasteiger partial charge is 0.337 e. The first-order chi connectivity index (χ1) is 9.37. The van der Waals surface area contributed by atoms with Crippen LogP contribution in [0.2, 0.25) is 0 Å². The van der Waals surface area contributed by atoms with Gasteiger partial charge in [0.1, 0.15) is 5.82 Å². The summed E-state index contributed by atoms with van der Waals surface area (Å²) in [6.07, 6.45) is 2.45. The normalized spacial score (nSPS) is 19.9. The summed E-state index contributed by atoms with van der Waals surface area (Å²) < 4.78 is 38.5. The topological polar surface area (TPSA) is 66.5 Å². The Morgan fingerprint density at radius 2 is 2.10 bits per heavy atom. The predicted octanol–water partition coefficient (Wildman–Crippen LogP) is 0.979. The summed E-state index contributed by atoms with van der Waals surface area (Å²) >= 11 is 0. The van der Waals surface area contributed by atoms with Crippen molar-refractivity contribution in [3.63, 3.8) is 0 Å². The van der Waals surface area contributed by atoms with E-state index in [2.05, 4.69) is 4.72 Å². The van der Waals surface area contributed by atoms with Crippen molar-refractivity contribution >= 4 is 15.9 Å². The second kappa shape index (κ2) is 5.88. The molecule has 1 aliphatic heterocycles. The molecule has 1 saturated heterocycles. The Kier molecular flexibility index (Phi) is 4.39. The van der Waals surface area contributed by atoms with Gasteiger partial charge in [0.15, 0.2) is 0 Å². The van der Waals surface area contributed by atoms with Gasteiger partial charge in [-0.05, 0) is 25.0 Å². The Hall–Kier alpha value is -1.47. The van der Waals surface area contributed by atoms with Crippen LogP contribution in [0.15, 0.2) is 24.3 Å². The first-order valence-electron chi connectivity index (χ1n) is 6.38. The number of hydrogen-bond donors (Lipinski definition) is 1. The molecule has 110 valence electrons. The lowest BCUT2D eigenvalue weighted by molar-refractivity contribution is 0.0698. The van der Waals surface area contributed by atoms with Crippen LogP contribution < -0.4 is 4.72 Å². The van der Waals surface area contributed by atoms with E-state index >= 15 is 0 Å². The Morgan fingerprint density at radius 1 is 1.40 bits per heavy atom. The number of sulfonamides is 1. The molecule has 0 saturated carbocycles. The minimum absolute atomic E-state index is 0.0208. The zero-order chi connectivity index (χ0) is 14.8. The SMILES string of the molecule is CS(=O)(=O)NC1CCCN(C(=O)c2ccccc2F)C1. The van der Waals surface area contributed by atoms with E-state index in [0.717, 1.165) is 6.26 Å². The average molecular weight is 300 g/mol. The van der Waals surface area contributed by atoms with Crippen molar-refractivity contribution in [2.45, 2.75) is 18.9 Å². The molecule has 1 amide bonds. The average Bonchev–Trinajstić information content (AvgIpc) is 2.37. The maximum atomic E-state index is 13.6. The first kappa shape index (κ1) is 14.9. The van der Waals surface area contributed by atoms with Crippen LogP contribution >= 0.6 is 0 Å². The van der Waals surface area contributed by atoms with Crippen LogP contribution in [0.1, 0.15) is 23.2 Å². The van der Waals surface area contributed by atoms with Gasteiger partial charge in [0.2, 0.25) is 10.0 Å². The third-order valence-electron chi connectivity index (χ3n) is 3.19. The van der Waals surface area contributed by atoms with E-state index < -0.39 is 21.7 Å². The highest BCUT2D eigenvalue weighted by molar-refractivity contribution is 7.88. The number of amides is 1. The Labute approximate surface area is 117 Å². The minimum atomic E-state index is -3.31. The van der Waals surface area contributed by atoms with Crippen LogP contribution in [-0.2, 0) is 10.0 Å². The minimum Gasteiger partial charge on any atom is -0.337 e. The molecule has 1 aromatic carbocycles. The molecule has 1 heterocycles. The second-order valence-electron chi connectivity index (χ2n) is 4.96. The van der Waals surface area contributed by atoms with E-state index in [-0.39, 0.29) is 18.2 Å². The molecule has 0 spiro atoms.